The third kappa shape index (κ3) is 7.57. The first-order chi connectivity index (χ1) is 19.2. The molecular weight excluding hydrogens is 588 g/mol. The average molecular weight is 621 g/mol. The fourth-order valence-electron chi connectivity index (χ4n) is 3.89. The number of hydrazone groups is 1. The number of nitrogens with one attached hydrogen (secondary N) is 3. The Balaban J connectivity index is 1.70. The Kier molecular flexibility index (Phi) is 11.0. The maximum atomic E-state index is 12.4. The van der Waals surface area contributed by atoms with E-state index in [1.54, 1.807) is 44.4 Å². The van der Waals surface area contributed by atoms with Crippen molar-refractivity contribution in [3.8, 4) is 23.0 Å². The third-order valence-electron chi connectivity index (χ3n) is 5.68. The van der Waals surface area contributed by atoms with Crippen LogP contribution in [0.1, 0.15) is 37.9 Å². The van der Waals surface area contributed by atoms with Crippen LogP contribution in [0.3, 0.4) is 0 Å². The Labute approximate surface area is 240 Å². The molecule has 2 amide bonds. The Hall–Kier alpha value is -3.97. The summed E-state index contributed by atoms with van der Waals surface area (Å²) in [5, 5.41) is 19.8. The molecular formula is C27H33BrN4O8. The zero-order chi connectivity index (χ0) is 29.2. The van der Waals surface area contributed by atoms with Gasteiger partial charge in [-0.05, 0) is 66.5 Å². The smallest absolute Gasteiger partial charge is 0.337 e. The highest BCUT2D eigenvalue weighted by Gasteiger charge is 2.32. The second-order valence-corrected chi connectivity index (χ2v) is 9.23. The number of esters is 1. The van der Waals surface area contributed by atoms with E-state index >= 15 is 0 Å². The van der Waals surface area contributed by atoms with Gasteiger partial charge in [-0.1, -0.05) is 6.07 Å². The number of carbonyl (C=O) groups excluding carboxylic acids is 2. The predicted octanol–water partition coefficient (Wildman–Crippen LogP) is 3.38. The second-order valence-electron chi connectivity index (χ2n) is 8.37. The highest BCUT2D eigenvalue weighted by Crippen LogP contribution is 2.35. The van der Waals surface area contributed by atoms with E-state index in [1.807, 2.05) is 13.8 Å². The number of hydrogen-bond acceptors (Lipinski definition) is 10. The summed E-state index contributed by atoms with van der Waals surface area (Å²) in [6.07, 6.45) is 0.377. The van der Waals surface area contributed by atoms with E-state index < -0.39 is 24.3 Å². The standard InChI is InChI=1S/C27H33BrN4O8/c1-6-38-21-10-16(25-24(26(34)37-5)15(3)30-27(35)31-25)8-9-19(21)40-14-23(33)32-29-13-17-11-20(36-4)22(39-7-2)12-18(17)28/h8-13,23,25,32-33H,6-7,14H2,1-5H3,(H2,30,31,35)/b29-13-/t23-,25-/m1/s1. The minimum absolute atomic E-state index is 0.152. The van der Waals surface area contributed by atoms with Crippen molar-refractivity contribution >= 4 is 34.1 Å². The van der Waals surface area contributed by atoms with E-state index in [-0.39, 0.29) is 12.2 Å². The summed E-state index contributed by atoms with van der Waals surface area (Å²) in [5.74, 6) is 1.31. The van der Waals surface area contributed by atoms with Crippen LogP contribution in [0.2, 0.25) is 0 Å². The molecule has 1 aliphatic rings. The molecule has 1 aliphatic heterocycles. The van der Waals surface area contributed by atoms with Crippen molar-refractivity contribution < 1.29 is 38.4 Å². The van der Waals surface area contributed by atoms with Gasteiger partial charge in [0.2, 0.25) is 0 Å². The molecule has 0 radical (unpaired) electrons. The van der Waals surface area contributed by atoms with Crippen LogP contribution < -0.4 is 35.0 Å². The molecule has 2 aromatic rings. The molecule has 0 bridgehead atoms. The summed E-state index contributed by atoms with van der Waals surface area (Å²) in [7, 11) is 2.82. The Morgan fingerprint density at radius 3 is 2.45 bits per heavy atom. The van der Waals surface area contributed by atoms with Crippen molar-refractivity contribution in [2.75, 3.05) is 34.0 Å². The highest BCUT2D eigenvalue weighted by atomic mass is 79.9. The fraction of sp³-hybridized carbons (Fsp3) is 0.370. The normalized spacial score (nSPS) is 15.7. The zero-order valence-electron chi connectivity index (χ0n) is 22.9. The lowest BCUT2D eigenvalue weighted by molar-refractivity contribution is -0.136. The van der Waals surface area contributed by atoms with Crippen LogP contribution in [-0.4, -0.2) is 63.6 Å². The molecule has 0 fully saturated rings. The van der Waals surface area contributed by atoms with Gasteiger partial charge in [-0.25, -0.2) is 9.59 Å². The molecule has 13 heteroatoms. The van der Waals surface area contributed by atoms with Gasteiger partial charge in [0, 0.05) is 15.7 Å². The van der Waals surface area contributed by atoms with Crippen LogP contribution in [0.4, 0.5) is 4.79 Å². The second kappa shape index (κ2) is 14.4. The van der Waals surface area contributed by atoms with Crippen LogP contribution in [-0.2, 0) is 9.53 Å². The molecule has 0 saturated heterocycles. The van der Waals surface area contributed by atoms with E-state index in [4.69, 9.17) is 23.7 Å². The summed E-state index contributed by atoms with van der Waals surface area (Å²) in [6.45, 7) is 6.00. The van der Waals surface area contributed by atoms with Gasteiger partial charge in [0.1, 0.15) is 6.61 Å². The van der Waals surface area contributed by atoms with Crippen molar-refractivity contribution in [1.82, 2.24) is 16.1 Å². The molecule has 3 rings (SSSR count). The summed E-state index contributed by atoms with van der Waals surface area (Å²) >= 11 is 3.48. The quantitative estimate of drug-likeness (QED) is 0.114. The number of halogens is 1. The van der Waals surface area contributed by atoms with Gasteiger partial charge < -0.3 is 39.4 Å². The summed E-state index contributed by atoms with van der Waals surface area (Å²) < 4.78 is 28.1. The molecule has 40 heavy (non-hydrogen) atoms. The molecule has 0 unspecified atom stereocenters. The molecule has 2 aromatic carbocycles. The number of hydrogen-bond donors (Lipinski definition) is 4. The van der Waals surface area contributed by atoms with Gasteiger partial charge in [0.15, 0.2) is 29.2 Å². The molecule has 4 N–H and O–H groups in total. The van der Waals surface area contributed by atoms with Crippen molar-refractivity contribution in [3.63, 3.8) is 0 Å². The third-order valence-corrected chi connectivity index (χ3v) is 6.37. The first-order valence-corrected chi connectivity index (χ1v) is 13.2. The Morgan fingerprint density at radius 1 is 1.10 bits per heavy atom. The predicted molar refractivity (Wildman–Crippen MR) is 151 cm³/mol. The number of methoxy groups -OCH3 is 2. The van der Waals surface area contributed by atoms with Crippen molar-refractivity contribution in [1.29, 1.82) is 0 Å². The molecule has 12 nitrogen and oxygen atoms in total. The number of rotatable bonds is 13. The summed E-state index contributed by atoms with van der Waals surface area (Å²) in [6, 6.07) is 7.34. The van der Waals surface area contributed by atoms with E-state index in [0.29, 0.717) is 53.0 Å². The number of ether oxygens (including phenoxy) is 5. The van der Waals surface area contributed by atoms with Gasteiger partial charge in [-0.2, -0.15) is 5.10 Å². The van der Waals surface area contributed by atoms with E-state index in [0.717, 1.165) is 4.47 Å². The minimum Gasteiger partial charge on any atom is -0.493 e. The lowest BCUT2D eigenvalue weighted by atomic mass is 9.95. The van der Waals surface area contributed by atoms with E-state index in [9.17, 15) is 14.7 Å². The molecule has 1 heterocycles. The number of urea groups is 1. The number of aliphatic hydroxyl groups excluding tert-OH is 1. The molecule has 0 aliphatic carbocycles. The van der Waals surface area contributed by atoms with Gasteiger partial charge in [-0.3, -0.25) is 5.43 Å². The lowest BCUT2D eigenvalue weighted by Gasteiger charge is -2.28. The highest BCUT2D eigenvalue weighted by molar-refractivity contribution is 9.10. The fourth-order valence-corrected chi connectivity index (χ4v) is 4.32. The summed E-state index contributed by atoms with van der Waals surface area (Å²) in [5.41, 5.74) is 4.57. The number of aliphatic hydroxyl groups is 1. The largest absolute Gasteiger partial charge is 0.493 e. The Bertz CT molecular complexity index is 1280. The van der Waals surface area contributed by atoms with Gasteiger partial charge in [-0.15, -0.1) is 0 Å². The number of benzene rings is 2. The van der Waals surface area contributed by atoms with Gasteiger partial charge in [0.25, 0.3) is 0 Å². The van der Waals surface area contributed by atoms with Crippen molar-refractivity contribution in [2.24, 2.45) is 5.10 Å². The van der Waals surface area contributed by atoms with Gasteiger partial charge >= 0.3 is 12.0 Å². The zero-order valence-corrected chi connectivity index (χ0v) is 24.5. The van der Waals surface area contributed by atoms with E-state index in [2.05, 4.69) is 37.1 Å². The average Bonchev–Trinajstić information content (AvgIpc) is 2.93. The monoisotopic (exact) mass is 620 g/mol. The van der Waals surface area contributed by atoms with Crippen molar-refractivity contribution in [3.05, 3.63) is 57.2 Å². The van der Waals surface area contributed by atoms with Crippen LogP contribution in [0.5, 0.6) is 23.0 Å². The lowest BCUT2D eigenvalue weighted by Crippen LogP contribution is -2.45. The molecule has 0 aromatic heterocycles. The topological polar surface area (TPSA) is 149 Å². The number of carbonyl (C=O) groups is 2. The number of nitrogens with zero attached hydrogens (tertiary/aromatic N) is 1. The van der Waals surface area contributed by atoms with Crippen LogP contribution in [0.25, 0.3) is 0 Å². The maximum Gasteiger partial charge on any atom is 0.337 e. The molecule has 2 atom stereocenters. The first kappa shape index (κ1) is 30.6. The number of amides is 2. The molecule has 216 valence electrons. The molecule has 0 saturated carbocycles. The number of allylic oxidation sites excluding steroid dienone is 1. The minimum atomic E-state index is -1.14. The first-order valence-electron chi connectivity index (χ1n) is 12.4. The van der Waals surface area contributed by atoms with Gasteiger partial charge in [0.05, 0.1) is 45.3 Å². The van der Waals surface area contributed by atoms with Crippen LogP contribution in [0.15, 0.2) is 51.2 Å². The van der Waals surface area contributed by atoms with Crippen LogP contribution in [0, 0.1) is 0 Å². The SMILES string of the molecule is CCOc1cc(Br)c(/C=N\N[C@H](O)COc2ccc([C@H]3NC(=O)NC(C)=C3C(=O)OC)cc2OCC)cc1OC. The maximum absolute atomic E-state index is 12.4. The van der Waals surface area contributed by atoms with Crippen molar-refractivity contribution in [2.45, 2.75) is 33.0 Å². The summed E-state index contributed by atoms with van der Waals surface area (Å²) in [4.78, 5) is 24.5. The Morgan fingerprint density at radius 2 is 1.80 bits per heavy atom. The van der Waals surface area contributed by atoms with Crippen LogP contribution >= 0.6 is 15.9 Å². The molecule has 0 spiro atoms. The van der Waals surface area contributed by atoms with E-state index in [1.165, 1.54) is 13.3 Å².